The summed E-state index contributed by atoms with van der Waals surface area (Å²) in [6, 6.07) is 7.57. The number of carbonyl (C=O) groups excluding carboxylic acids is 1. The highest BCUT2D eigenvalue weighted by Crippen LogP contribution is 2.20. The first-order valence-electron chi connectivity index (χ1n) is 6.98. The normalized spacial score (nSPS) is 13.8. The highest BCUT2D eigenvalue weighted by Gasteiger charge is 2.15. The lowest BCUT2D eigenvalue weighted by atomic mass is 10.0. The van der Waals surface area contributed by atoms with Crippen molar-refractivity contribution in [3.05, 3.63) is 53.1 Å². The third kappa shape index (κ3) is 2.46. The Labute approximate surface area is 118 Å². The van der Waals surface area contributed by atoms with Crippen LogP contribution < -0.4 is 0 Å². The molecule has 0 spiro atoms. The molecule has 0 saturated heterocycles. The van der Waals surface area contributed by atoms with Gasteiger partial charge in [-0.1, -0.05) is 12.1 Å². The van der Waals surface area contributed by atoms with Gasteiger partial charge in [0, 0.05) is 12.2 Å². The molecule has 0 radical (unpaired) electrons. The molecule has 0 N–H and O–H groups in total. The van der Waals surface area contributed by atoms with Crippen LogP contribution >= 0.6 is 0 Å². The Bertz CT molecular complexity index is 614. The molecule has 0 amide bonds. The van der Waals surface area contributed by atoms with Gasteiger partial charge in [-0.3, -0.25) is 0 Å². The maximum absolute atomic E-state index is 11.4. The van der Waals surface area contributed by atoms with Gasteiger partial charge in [0.1, 0.15) is 0 Å². The molecule has 0 aliphatic heterocycles. The van der Waals surface area contributed by atoms with E-state index in [0.29, 0.717) is 5.56 Å². The van der Waals surface area contributed by atoms with Crippen molar-refractivity contribution in [3.63, 3.8) is 0 Å². The largest absolute Gasteiger partial charge is 0.465 e. The number of imidazole rings is 1. The highest BCUT2D eigenvalue weighted by molar-refractivity contribution is 5.89. The van der Waals surface area contributed by atoms with Crippen molar-refractivity contribution in [3.8, 4) is 0 Å². The molecule has 4 heteroatoms. The van der Waals surface area contributed by atoms with Crippen LogP contribution in [0.25, 0.3) is 0 Å². The predicted octanol–water partition coefficient (Wildman–Crippen LogP) is 2.60. The number of aryl methyl sites for hydroxylation is 1. The van der Waals surface area contributed by atoms with E-state index in [1.54, 1.807) is 0 Å². The lowest BCUT2D eigenvalue weighted by Gasteiger charge is -2.14. The summed E-state index contributed by atoms with van der Waals surface area (Å²) >= 11 is 0. The Balaban J connectivity index is 1.78. The van der Waals surface area contributed by atoms with Crippen molar-refractivity contribution < 1.29 is 9.53 Å². The zero-order valence-corrected chi connectivity index (χ0v) is 11.6. The first-order valence-corrected chi connectivity index (χ1v) is 6.98. The number of benzene rings is 1. The van der Waals surface area contributed by atoms with Crippen molar-refractivity contribution in [1.29, 1.82) is 0 Å². The van der Waals surface area contributed by atoms with Gasteiger partial charge >= 0.3 is 5.97 Å². The minimum Gasteiger partial charge on any atom is -0.465 e. The Kier molecular flexibility index (Phi) is 3.54. The number of methoxy groups -OCH3 is 1. The summed E-state index contributed by atoms with van der Waals surface area (Å²) in [6.07, 6.45) is 6.65. The molecule has 1 heterocycles. The fraction of sp³-hybridized carbons (Fsp3) is 0.375. The van der Waals surface area contributed by atoms with Crippen molar-refractivity contribution in [2.75, 3.05) is 7.11 Å². The van der Waals surface area contributed by atoms with E-state index < -0.39 is 0 Å². The lowest BCUT2D eigenvalue weighted by Crippen LogP contribution is -2.09. The number of fused-ring (bicyclic) bond motifs is 1. The Morgan fingerprint density at radius 2 is 2.00 bits per heavy atom. The molecule has 4 nitrogen and oxygen atoms in total. The number of hydrogen-bond acceptors (Lipinski definition) is 3. The molecule has 2 aromatic rings. The maximum Gasteiger partial charge on any atom is 0.337 e. The van der Waals surface area contributed by atoms with Gasteiger partial charge in [0.15, 0.2) is 0 Å². The van der Waals surface area contributed by atoms with Crippen LogP contribution in [0.4, 0.5) is 0 Å². The number of hydrogen-bond donors (Lipinski definition) is 0. The van der Waals surface area contributed by atoms with Crippen molar-refractivity contribution >= 4 is 5.97 Å². The third-order valence-corrected chi connectivity index (χ3v) is 3.84. The molecule has 0 atom stereocenters. The minimum absolute atomic E-state index is 0.295. The molecule has 0 saturated carbocycles. The second kappa shape index (κ2) is 5.49. The Morgan fingerprint density at radius 3 is 2.75 bits per heavy atom. The van der Waals surface area contributed by atoms with Gasteiger partial charge < -0.3 is 9.30 Å². The van der Waals surface area contributed by atoms with E-state index in [-0.39, 0.29) is 5.97 Å². The molecule has 0 unspecified atom stereocenters. The molecule has 1 aliphatic rings. The fourth-order valence-electron chi connectivity index (χ4n) is 2.73. The SMILES string of the molecule is COC(=O)c1ccc(Cn2cnc3c2CCCC3)cc1. The molecular weight excluding hydrogens is 252 g/mol. The van der Waals surface area contributed by atoms with E-state index in [2.05, 4.69) is 9.55 Å². The number of carbonyl (C=O) groups is 1. The van der Waals surface area contributed by atoms with Crippen LogP contribution in [0.15, 0.2) is 30.6 Å². The summed E-state index contributed by atoms with van der Waals surface area (Å²) in [5.74, 6) is -0.295. The first-order chi connectivity index (χ1) is 9.78. The van der Waals surface area contributed by atoms with Crippen molar-refractivity contribution in [2.45, 2.75) is 32.2 Å². The molecule has 0 bridgehead atoms. The molecule has 1 aromatic heterocycles. The van der Waals surface area contributed by atoms with E-state index in [9.17, 15) is 4.79 Å². The molecule has 104 valence electrons. The van der Waals surface area contributed by atoms with Gasteiger partial charge in [0.05, 0.1) is 24.7 Å². The third-order valence-electron chi connectivity index (χ3n) is 3.84. The summed E-state index contributed by atoms with van der Waals surface area (Å²) in [7, 11) is 1.40. The van der Waals surface area contributed by atoms with Crippen LogP contribution in [0.2, 0.25) is 0 Å². The molecule has 1 aliphatic carbocycles. The standard InChI is InChI=1S/C16H18N2O2/c1-20-16(19)13-8-6-12(7-9-13)10-18-11-17-14-4-2-3-5-15(14)18/h6-9,11H,2-5,10H2,1H3. The Hall–Kier alpha value is -2.10. The van der Waals surface area contributed by atoms with E-state index in [0.717, 1.165) is 19.4 Å². The highest BCUT2D eigenvalue weighted by atomic mass is 16.5. The predicted molar refractivity (Wildman–Crippen MR) is 75.8 cm³/mol. The number of rotatable bonds is 3. The van der Waals surface area contributed by atoms with Crippen LogP contribution in [-0.4, -0.2) is 22.6 Å². The van der Waals surface area contributed by atoms with Crippen LogP contribution in [0.3, 0.4) is 0 Å². The Morgan fingerprint density at radius 1 is 1.25 bits per heavy atom. The average Bonchev–Trinajstić information content (AvgIpc) is 2.91. The van der Waals surface area contributed by atoms with E-state index in [1.807, 2.05) is 30.6 Å². The van der Waals surface area contributed by atoms with Crippen molar-refractivity contribution in [1.82, 2.24) is 9.55 Å². The van der Waals surface area contributed by atoms with E-state index in [4.69, 9.17) is 4.74 Å². The maximum atomic E-state index is 11.4. The molecule has 3 rings (SSSR count). The smallest absolute Gasteiger partial charge is 0.337 e. The molecule has 0 fully saturated rings. The summed E-state index contributed by atoms with van der Waals surface area (Å²) in [5, 5.41) is 0. The van der Waals surface area contributed by atoms with Crippen LogP contribution in [0.1, 0.15) is 40.2 Å². The zero-order chi connectivity index (χ0) is 13.9. The van der Waals surface area contributed by atoms with Crippen LogP contribution in [0.5, 0.6) is 0 Å². The topological polar surface area (TPSA) is 44.1 Å². The van der Waals surface area contributed by atoms with Crippen LogP contribution in [-0.2, 0) is 24.1 Å². The summed E-state index contributed by atoms with van der Waals surface area (Å²) < 4.78 is 6.93. The lowest BCUT2D eigenvalue weighted by molar-refractivity contribution is 0.0600. The fourth-order valence-corrected chi connectivity index (χ4v) is 2.73. The van der Waals surface area contributed by atoms with Gasteiger partial charge in [-0.15, -0.1) is 0 Å². The molecule has 20 heavy (non-hydrogen) atoms. The minimum atomic E-state index is -0.295. The second-order valence-corrected chi connectivity index (χ2v) is 5.16. The second-order valence-electron chi connectivity index (χ2n) is 5.16. The number of nitrogens with zero attached hydrogens (tertiary/aromatic N) is 2. The zero-order valence-electron chi connectivity index (χ0n) is 11.6. The first kappa shape index (κ1) is 12.9. The molecular formula is C16H18N2O2. The summed E-state index contributed by atoms with van der Waals surface area (Å²) in [6.45, 7) is 0.809. The summed E-state index contributed by atoms with van der Waals surface area (Å²) in [4.78, 5) is 15.9. The van der Waals surface area contributed by atoms with Gasteiger partial charge in [0.2, 0.25) is 0 Å². The van der Waals surface area contributed by atoms with Gasteiger partial charge in [-0.25, -0.2) is 9.78 Å². The number of aromatic nitrogens is 2. The van der Waals surface area contributed by atoms with Gasteiger partial charge in [-0.05, 0) is 43.4 Å². The van der Waals surface area contributed by atoms with Crippen molar-refractivity contribution in [2.24, 2.45) is 0 Å². The van der Waals surface area contributed by atoms with Crippen LogP contribution in [0, 0.1) is 0 Å². The van der Waals surface area contributed by atoms with E-state index in [1.165, 1.54) is 36.9 Å². The van der Waals surface area contributed by atoms with Gasteiger partial charge in [0.25, 0.3) is 0 Å². The quantitative estimate of drug-likeness (QED) is 0.805. The number of ether oxygens (including phenoxy) is 1. The van der Waals surface area contributed by atoms with Gasteiger partial charge in [-0.2, -0.15) is 0 Å². The van der Waals surface area contributed by atoms with E-state index >= 15 is 0 Å². The number of esters is 1. The average molecular weight is 270 g/mol. The summed E-state index contributed by atoms with van der Waals surface area (Å²) in [5.41, 5.74) is 4.38. The molecule has 1 aromatic carbocycles. The monoisotopic (exact) mass is 270 g/mol.